The van der Waals surface area contributed by atoms with Crippen LogP contribution in [0, 0.1) is 5.92 Å². The van der Waals surface area contributed by atoms with Gasteiger partial charge in [-0.1, -0.05) is 18.5 Å². The maximum Gasteiger partial charge on any atom is 0.223 e. The molecule has 0 spiro atoms. The van der Waals surface area contributed by atoms with Crippen LogP contribution in [-0.2, 0) is 11.2 Å². The van der Waals surface area contributed by atoms with Crippen LogP contribution in [0.3, 0.4) is 0 Å². The van der Waals surface area contributed by atoms with E-state index in [-0.39, 0.29) is 23.9 Å². The summed E-state index contributed by atoms with van der Waals surface area (Å²) in [4.78, 5) is 22.7. The highest BCUT2D eigenvalue weighted by atomic mass is 35.5. The van der Waals surface area contributed by atoms with E-state index in [4.69, 9.17) is 11.6 Å². The largest absolute Gasteiger partial charge is 0.380 e. The molecule has 0 saturated heterocycles. The SMILES string of the molecule is CCNC(=O)C1CCC(n2cnc3c(NC(CC)Cc4sccc4Cl)ccnc32)C1. The molecule has 160 valence electrons. The molecule has 3 aromatic rings. The Morgan fingerprint density at radius 2 is 2.20 bits per heavy atom. The van der Waals surface area contributed by atoms with Crippen molar-refractivity contribution in [3.63, 3.8) is 0 Å². The van der Waals surface area contributed by atoms with Gasteiger partial charge in [-0.05, 0) is 50.1 Å². The summed E-state index contributed by atoms with van der Waals surface area (Å²) in [6.45, 7) is 4.82. The van der Waals surface area contributed by atoms with Gasteiger partial charge in [0.1, 0.15) is 5.52 Å². The number of rotatable bonds is 8. The van der Waals surface area contributed by atoms with E-state index in [1.165, 1.54) is 4.88 Å². The molecule has 1 saturated carbocycles. The van der Waals surface area contributed by atoms with Crippen molar-refractivity contribution in [2.24, 2.45) is 5.92 Å². The minimum absolute atomic E-state index is 0.0775. The first kappa shape index (κ1) is 21.1. The smallest absolute Gasteiger partial charge is 0.223 e. The van der Waals surface area contributed by atoms with E-state index < -0.39 is 0 Å². The van der Waals surface area contributed by atoms with E-state index in [0.29, 0.717) is 6.54 Å². The summed E-state index contributed by atoms with van der Waals surface area (Å²) in [5, 5.41) is 9.48. The molecule has 0 radical (unpaired) electrons. The maximum atomic E-state index is 12.2. The number of thiophene rings is 1. The Labute approximate surface area is 186 Å². The molecule has 1 fully saturated rings. The molecular formula is C22H28ClN5OS. The van der Waals surface area contributed by atoms with Crippen LogP contribution in [0.25, 0.3) is 11.2 Å². The number of nitrogens with zero attached hydrogens (tertiary/aromatic N) is 3. The van der Waals surface area contributed by atoms with Crippen LogP contribution in [0.4, 0.5) is 5.69 Å². The summed E-state index contributed by atoms with van der Waals surface area (Å²) in [7, 11) is 0. The Morgan fingerprint density at radius 1 is 1.33 bits per heavy atom. The normalized spacial score (nSPS) is 19.8. The zero-order valence-electron chi connectivity index (χ0n) is 17.4. The molecule has 3 aromatic heterocycles. The highest BCUT2D eigenvalue weighted by Gasteiger charge is 2.31. The number of anilines is 1. The van der Waals surface area contributed by atoms with Gasteiger partial charge in [0.15, 0.2) is 5.65 Å². The van der Waals surface area contributed by atoms with Crippen molar-refractivity contribution in [1.29, 1.82) is 0 Å². The second-order valence-electron chi connectivity index (χ2n) is 7.89. The van der Waals surface area contributed by atoms with Gasteiger partial charge in [-0.2, -0.15) is 0 Å². The van der Waals surface area contributed by atoms with Crippen molar-refractivity contribution < 1.29 is 4.79 Å². The summed E-state index contributed by atoms with van der Waals surface area (Å²) in [5.41, 5.74) is 2.76. The van der Waals surface area contributed by atoms with E-state index >= 15 is 0 Å². The molecule has 1 aliphatic rings. The van der Waals surface area contributed by atoms with Crippen LogP contribution >= 0.6 is 22.9 Å². The molecular weight excluding hydrogens is 418 g/mol. The number of carbonyl (C=O) groups is 1. The molecule has 6 nitrogen and oxygen atoms in total. The van der Waals surface area contributed by atoms with Crippen molar-refractivity contribution in [3.8, 4) is 0 Å². The summed E-state index contributed by atoms with van der Waals surface area (Å²) in [6.07, 6.45) is 8.30. The lowest BCUT2D eigenvalue weighted by Gasteiger charge is -2.18. The number of halogens is 1. The first-order chi connectivity index (χ1) is 14.6. The predicted octanol–water partition coefficient (Wildman–Crippen LogP) is 5.06. The van der Waals surface area contributed by atoms with Gasteiger partial charge in [0, 0.05) is 42.0 Å². The zero-order chi connectivity index (χ0) is 21.1. The van der Waals surface area contributed by atoms with Crippen LogP contribution in [0.2, 0.25) is 5.02 Å². The van der Waals surface area contributed by atoms with Crippen LogP contribution in [0.1, 0.15) is 50.4 Å². The van der Waals surface area contributed by atoms with Crippen molar-refractivity contribution in [1.82, 2.24) is 19.9 Å². The van der Waals surface area contributed by atoms with Crippen molar-refractivity contribution in [3.05, 3.63) is 39.9 Å². The van der Waals surface area contributed by atoms with Crippen molar-refractivity contribution in [2.75, 3.05) is 11.9 Å². The molecule has 4 rings (SSSR count). The van der Waals surface area contributed by atoms with Gasteiger partial charge in [0.25, 0.3) is 0 Å². The standard InChI is InChI=1S/C22H28ClN5OS/c1-3-15(12-19-17(23)8-10-30-19)27-18-7-9-25-21-20(18)26-13-28(21)16-6-5-14(11-16)22(29)24-4-2/h7-10,13-16H,3-6,11-12H2,1-2H3,(H,24,29)(H,25,27). The van der Waals surface area contributed by atoms with Crippen LogP contribution < -0.4 is 10.6 Å². The topological polar surface area (TPSA) is 71.8 Å². The second-order valence-corrected chi connectivity index (χ2v) is 9.29. The number of aromatic nitrogens is 3. The fraction of sp³-hybridized carbons (Fsp3) is 0.500. The summed E-state index contributed by atoms with van der Waals surface area (Å²) < 4.78 is 2.15. The van der Waals surface area contributed by atoms with E-state index in [0.717, 1.165) is 54.0 Å². The van der Waals surface area contributed by atoms with Gasteiger partial charge in [-0.25, -0.2) is 9.97 Å². The lowest BCUT2D eigenvalue weighted by atomic mass is 10.1. The third-order valence-electron chi connectivity index (χ3n) is 5.96. The molecule has 2 N–H and O–H groups in total. The molecule has 30 heavy (non-hydrogen) atoms. The Hall–Kier alpha value is -2.12. The Morgan fingerprint density at radius 3 is 2.93 bits per heavy atom. The summed E-state index contributed by atoms with van der Waals surface area (Å²) >= 11 is 7.99. The monoisotopic (exact) mass is 445 g/mol. The Kier molecular flexibility index (Phi) is 6.58. The number of hydrogen-bond donors (Lipinski definition) is 2. The molecule has 1 amide bonds. The van der Waals surface area contributed by atoms with E-state index in [9.17, 15) is 4.79 Å². The minimum atomic E-state index is 0.0775. The maximum absolute atomic E-state index is 12.2. The van der Waals surface area contributed by atoms with E-state index in [1.807, 2.05) is 37.0 Å². The Bertz CT molecular complexity index is 1020. The van der Waals surface area contributed by atoms with Crippen LogP contribution in [0.15, 0.2) is 30.0 Å². The first-order valence-corrected chi connectivity index (χ1v) is 11.9. The van der Waals surface area contributed by atoms with Gasteiger partial charge in [0.05, 0.1) is 17.0 Å². The van der Waals surface area contributed by atoms with Gasteiger partial charge < -0.3 is 15.2 Å². The average Bonchev–Trinajstić information content (AvgIpc) is 3.47. The predicted molar refractivity (Wildman–Crippen MR) is 123 cm³/mol. The van der Waals surface area contributed by atoms with E-state index in [2.05, 4.69) is 32.1 Å². The van der Waals surface area contributed by atoms with Gasteiger partial charge in [-0.15, -0.1) is 11.3 Å². The third-order valence-corrected chi connectivity index (χ3v) is 7.37. The van der Waals surface area contributed by atoms with Gasteiger partial charge in [0.2, 0.25) is 5.91 Å². The number of amides is 1. The third kappa shape index (κ3) is 4.32. The van der Waals surface area contributed by atoms with Gasteiger partial charge >= 0.3 is 0 Å². The molecule has 3 unspecified atom stereocenters. The molecule has 3 atom stereocenters. The Balaban J connectivity index is 1.52. The first-order valence-electron chi connectivity index (χ1n) is 10.7. The quantitative estimate of drug-likeness (QED) is 0.508. The molecule has 0 aromatic carbocycles. The molecule has 0 aliphatic heterocycles. The lowest BCUT2D eigenvalue weighted by Crippen LogP contribution is -2.29. The highest BCUT2D eigenvalue weighted by molar-refractivity contribution is 7.10. The fourth-order valence-electron chi connectivity index (χ4n) is 4.30. The number of pyridine rings is 1. The number of fused-ring (bicyclic) bond motifs is 1. The van der Waals surface area contributed by atoms with Crippen LogP contribution in [0.5, 0.6) is 0 Å². The van der Waals surface area contributed by atoms with E-state index in [1.54, 1.807) is 11.3 Å². The number of carbonyl (C=O) groups excluding carboxylic acids is 1. The lowest BCUT2D eigenvalue weighted by molar-refractivity contribution is -0.124. The second kappa shape index (κ2) is 9.35. The number of hydrogen-bond acceptors (Lipinski definition) is 5. The van der Waals surface area contributed by atoms with Crippen molar-refractivity contribution >= 4 is 45.7 Å². The summed E-state index contributed by atoms with van der Waals surface area (Å²) in [5.74, 6) is 0.242. The van der Waals surface area contributed by atoms with Crippen molar-refractivity contribution in [2.45, 2.75) is 58.0 Å². The number of imidazole rings is 1. The molecule has 1 aliphatic carbocycles. The van der Waals surface area contributed by atoms with Gasteiger partial charge in [-0.3, -0.25) is 4.79 Å². The fourth-order valence-corrected chi connectivity index (χ4v) is 5.49. The molecule has 0 bridgehead atoms. The summed E-state index contributed by atoms with van der Waals surface area (Å²) in [6, 6.07) is 4.48. The number of nitrogens with one attached hydrogen (secondary N) is 2. The zero-order valence-corrected chi connectivity index (χ0v) is 19.0. The average molecular weight is 446 g/mol. The molecule has 3 heterocycles. The minimum Gasteiger partial charge on any atom is -0.380 e. The molecule has 8 heteroatoms. The highest BCUT2D eigenvalue weighted by Crippen LogP contribution is 2.37. The van der Waals surface area contributed by atoms with Crippen LogP contribution in [-0.4, -0.2) is 33.0 Å².